The summed E-state index contributed by atoms with van der Waals surface area (Å²) in [7, 11) is 0. The number of thiophene rings is 1. The van der Waals surface area contributed by atoms with Crippen LogP contribution in [0.3, 0.4) is 0 Å². The Bertz CT molecular complexity index is 1770. The second-order valence-electron chi connectivity index (χ2n) is 9.77. The van der Waals surface area contributed by atoms with Crippen LogP contribution in [-0.2, 0) is 28.9 Å². The van der Waals surface area contributed by atoms with Crippen LogP contribution >= 0.6 is 34.7 Å². The fraction of sp³-hybridized carbons (Fsp3) is 0.276. The molecule has 15 heteroatoms. The summed E-state index contributed by atoms with van der Waals surface area (Å²) in [6.45, 7) is 3.51. The number of nitro groups is 1. The molecule has 4 aromatic rings. The van der Waals surface area contributed by atoms with Gasteiger partial charge in [-0.05, 0) is 62.9 Å². The van der Waals surface area contributed by atoms with E-state index in [0.29, 0.717) is 37.8 Å². The summed E-state index contributed by atoms with van der Waals surface area (Å²) >= 11 is 8.78. The monoisotopic (exact) mass is 654 g/mol. The van der Waals surface area contributed by atoms with Gasteiger partial charge in [0.25, 0.3) is 11.6 Å². The highest BCUT2D eigenvalue weighted by Crippen LogP contribution is 2.39. The van der Waals surface area contributed by atoms with E-state index in [4.69, 9.17) is 16.3 Å². The molecule has 0 bridgehead atoms. The number of carbonyl (C=O) groups excluding carboxylic acids is 3. The summed E-state index contributed by atoms with van der Waals surface area (Å²) in [5.74, 6) is -0.991. The van der Waals surface area contributed by atoms with Crippen molar-refractivity contribution in [3.8, 4) is 5.69 Å². The maximum absolute atomic E-state index is 13.1. The minimum absolute atomic E-state index is 0.0388. The number of carbonyl (C=O) groups is 3. The number of amides is 2. The lowest BCUT2D eigenvalue weighted by atomic mass is 10.1. The molecule has 1 aliphatic carbocycles. The second kappa shape index (κ2) is 13.6. The van der Waals surface area contributed by atoms with Crippen LogP contribution in [0.2, 0.25) is 5.02 Å². The van der Waals surface area contributed by atoms with Crippen LogP contribution in [0.1, 0.15) is 55.9 Å². The Morgan fingerprint density at radius 1 is 1.18 bits per heavy atom. The number of ether oxygens (including phenoxy) is 1. The number of nitrogens with one attached hydrogen (secondary N) is 2. The third-order valence-corrected chi connectivity index (χ3v) is 9.20. The number of esters is 1. The highest BCUT2D eigenvalue weighted by molar-refractivity contribution is 7.99. The van der Waals surface area contributed by atoms with E-state index < -0.39 is 16.8 Å². The van der Waals surface area contributed by atoms with E-state index >= 15 is 0 Å². The molecule has 5 rings (SSSR count). The van der Waals surface area contributed by atoms with Crippen molar-refractivity contribution in [2.45, 2.75) is 44.8 Å². The summed E-state index contributed by atoms with van der Waals surface area (Å²) < 4.78 is 6.92. The van der Waals surface area contributed by atoms with Gasteiger partial charge >= 0.3 is 5.97 Å². The molecular formula is C29H27ClN6O6S2. The van der Waals surface area contributed by atoms with E-state index in [2.05, 4.69) is 20.8 Å². The average Bonchev–Trinajstić information content (AvgIpc) is 3.69. The minimum atomic E-state index is -0.537. The molecule has 0 saturated carbocycles. The van der Waals surface area contributed by atoms with Crippen LogP contribution in [0.15, 0.2) is 47.6 Å². The fourth-order valence-electron chi connectivity index (χ4n) is 4.80. The number of hydrogen-bond donors (Lipinski definition) is 2. The quantitative estimate of drug-likeness (QED) is 0.0918. The predicted octanol–water partition coefficient (Wildman–Crippen LogP) is 5.53. The highest BCUT2D eigenvalue weighted by atomic mass is 35.5. The standard InChI is InChI=1S/C29H27ClN6O6S2/c1-3-42-28(39)25-20-8-5-9-22(20)44-27(25)32-24(37)15-43-29-34-33-23(35(29)19-7-4-6-18(30)13-19)14-31-26(38)17-11-10-16(2)21(12-17)36(40)41/h4,6-7,10-13H,3,5,8-9,14-15H2,1-2H3,(H,31,38)(H,32,37). The predicted molar refractivity (Wildman–Crippen MR) is 167 cm³/mol. The van der Waals surface area contributed by atoms with Crippen molar-refractivity contribution in [3.63, 3.8) is 0 Å². The van der Waals surface area contributed by atoms with Crippen molar-refractivity contribution in [3.05, 3.63) is 90.6 Å². The molecule has 2 aromatic heterocycles. The van der Waals surface area contributed by atoms with Gasteiger partial charge < -0.3 is 15.4 Å². The Balaban J connectivity index is 1.33. The fourth-order valence-corrected chi connectivity index (χ4v) is 7.04. The molecule has 1 aliphatic rings. The summed E-state index contributed by atoms with van der Waals surface area (Å²) in [4.78, 5) is 50.5. The summed E-state index contributed by atoms with van der Waals surface area (Å²) in [6.07, 6.45) is 2.60. The van der Waals surface area contributed by atoms with Gasteiger partial charge in [0.1, 0.15) is 5.00 Å². The van der Waals surface area contributed by atoms with E-state index in [1.807, 2.05) is 0 Å². The van der Waals surface area contributed by atoms with Gasteiger partial charge in [0, 0.05) is 27.1 Å². The van der Waals surface area contributed by atoms with Crippen molar-refractivity contribution < 1.29 is 24.0 Å². The van der Waals surface area contributed by atoms with Crippen molar-refractivity contribution in [2.24, 2.45) is 0 Å². The van der Waals surface area contributed by atoms with Crippen molar-refractivity contribution in [1.29, 1.82) is 0 Å². The number of thioether (sulfide) groups is 1. The molecule has 2 aromatic carbocycles. The molecule has 2 amide bonds. The normalized spacial score (nSPS) is 12.1. The molecule has 0 spiro atoms. The highest BCUT2D eigenvalue weighted by Gasteiger charge is 2.28. The van der Waals surface area contributed by atoms with Gasteiger partial charge in [-0.25, -0.2) is 4.79 Å². The first-order valence-electron chi connectivity index (χ1n) is 13.6. The third kappa shape index (κ3) is 6.77. The van der Waals surface area contributed by atoms with E-state index in [1.54, 1.807) is 42.7 Å². The Labute approximate surface area is 265 Å². The number of nitrogens with zero attached hydrogens (tertiary/aromatic N) is 4. The first kappa shape index (κ1) is 31.2. The first-order valence-corrected chi connectivity index (χ1v) is 15.8. The molecule has 0 aliphatic heterocycles. The number of aryl methyl sites for hydroxylation is 2. The van der Waals surface area contributed by atoms with E-state index in [1.165, 1.54) is 29.5 Å². The Morgan fingerprint density at radius 2 is 2.00 bits per heavy atom. The van der Waals surface area contributed by atoms with E-state index in [9.17, 15) is 24.5 Å². The summed E-state index contributed by atoms with van der Waals surface area (Å²) in [6, 6.07) is 11.2. The topological polar surface area (TPSA) is 158 Å². The van der Waals surface area contributed by atoms with Gasteiger partial charge in [-0.2, -0.15) is 0 Å². The van der Waals surface area contributed by atoms with Crippen LogP contribution in [0, 0.1) is 17.0 Å². The van der Waals surface area contributed by atoms with Crippen LogP contribution in [-0.4, -0.2) is 49.8 Å². The van der Waals surface area contributed by atoms with Crippen LogP contribution in [0.25, 0.3) is 5.69 Å². The van der Waals surface area contributed by atoms with Crippen molar-refractivity contribution in [2.75, 3.05) is 17.7 Å². The smallest absolute Gasteiger partial charge is 0.341 e. The summed E-state index contributed by atoms with van der Waals surface area (Å²) in [5.41, 5.74) is 2.41. The van der Waals surface area contributed by atoms with Gasteiger partial charge in [0.15, 0.2) is 11.0 Å². The van der Waals surface area contributed by atoms with Gasteiger partial charge in [-0.1, -0.05) is 35.5 Å². The summed E-state index contributed by atoms with van der Waals surface area (Å²) in [5, 5.41) is 26.7. The second-order valence-corrected chi connectivity index (χ2v) is 12.3. The van der Waals surface area contributed by atoms with E-state index in [0.717, 1.165) is 41.5 Å². The number of nitro benzene ring substituents is 1. The Kier molecular flexibility index (Phi) is 9.61. The lowest BCUT2D eigenvalue weighted by Crippen LogP contribution is -2.25. The van der Waals surface area contributed by atoms with Crippen molar-refractivity contribution >= 4 is 63.2 Å². The van der Waals surface area contributed by atoms with Crippen LogP contribution in [0.5, 0.6) is 0 Å². The molecule has 44 heavy (non-hydrogen) atoms. The molecular weight excluding hydrogens is 628 g/mol. The zero-order valence-corrected chi connectivity index (χ0v) is 26.1. The maximum atomic E-state index is 13.1. The number of aromatic nitrogens is 3. The number of rotatable bonds is 11. The zero-order chi connectivity index (χ0) is 31.4. The maximum Gasteiger partial charge on any atom is 0.341 e. The van der Waals surface area contributed by atoms with Crippen LogP contribution in [0.4, 0.5) is 10.7 Å². The number of hydrogen-bond acceptors (Lipinski definition) is 10. The largest absolute Gasteiger partial charge is 0.462 e. The van der Waals surface area contributed by atoms with Gasteiger partial charge in [-0.3, -0.25) is 24.3 Å². The van der Waals surface area contributed by atoms with Crippen molar-refractivity contribution in [1.82, 2.24) is 20.1 Å². The lowest BCUT2D eigenvalue weighted by molar-refractivity contribution is -0.385. The molecule has 0 saturated heterocycles. The number of benzene rings is 2. The SMILES string of the molecule is CCOC(=O)c1c(NC(=O)CSc2nnc(CNC(=O)c3ccc(C)c([N+](=O)[O-])c3)n2-c2cccc(Cl)c2)sc2c1CCC2. The minimum Gasteiger partial charge on any atom is -0.462 e. The third-order valence-electron chi connectivity index (χ3n) is 6.83. The molecule has 12 nitrogen and oxygen atoms in total. The molecule has 2 heterocycles. The molecule has 2 N–H and O–H groups in total. The first-order chi connectivity index (χ1) is 21.2. The van der Waals surface area contributed by atoms with Crippen LogP contribution < -0.4 is 10.6 Å². The molecule has 0 unspecified atom stereocenters. The molecule has 0 atom stereocenters. The Morgan fingerprint density at radius 3 is 2.75 bits per heavy atom. The van der Waals surface area contributed by atoms with Gasteiger partial charge in [0.05, 0.1) is 35.1 Å². The van der Waals surface area contributed by atoms with E-state index in [-0.39, 0.29) is 36.1 Å². The van der Waals surface area contributed by atoms with Gasteiger partial charge in [0.2, 0.25) is 5.91 Å². The number of fused-ring (bicyclic) bond motifs is 1. The zero-order valence-electron chi connectivity index (χ0n) is 23.7. The number of halogens is 1. The Hall–Kier alpha value is -4.27. The molecule has 228 valence electrons. The molecule has 0 radical (unpaired) electrons. The lowest BCUT2D eigenvalue weighted by Gasteiger charge is -2.12. The number of anilines is 1. The average molecular weight is 655 g/mol. The van der Waals surface area contributed by atoms with Gasteiger partial charge in [-0.15, -0.1) is 21.5 Å². The molecule has 0 fully saturated rings.